The predicted molar refractivity (Wildman–Crippen MR) is 89.9 cm³/mol. The van der Waals surface area contributed by atoms with Gasteiger partial charge >= 0.3 is 0 Å². The van der Waals surface area contributed by atoms with E-state index in [4.69, 9.17) is 4.74 Å². The molecule has 0 bridgehead atoms. The van der Waals surface area contributed by atoms with E-state index in [-0.39, 0.29) is 0 Å². The Morgan fingerprint density at radius 2 is 2.00 bits per heavy atom. The van der Waals surface area contributed by atoms with E-state index in [2.05, 4.69) is 49.0 Å². The molecule has 0 aliphatic heterocycles. The smallest absolute Gasteiger partial charge is 0.0637 e. The second-order valence-corrected chi connectivity index (χ2v) is 6.32. The van der Waals surface area contributed by atoms with Gasteiger partial charge in [-0.1, -0.05) is 27.7 Å². The molecule has 0 unspecified atom stereocenters. The summed E-state index contributed by atoms with van der Waals surface area (Å²) < 4.78 is 5.27. The van der Waals surface area contributed by atoms with E-state index in [0.717, 1.165) is 31.9 Å². The van der Waals surface area contributed by atoms with Crippen LogP contribution in [0.4, 0.5) is 5.69 Å². The molecule has 4 heteroatoms. The minimum Gasteiger partial charge on any atom is -0.383 e. The van der Waals surface area contributed by atoms with Crippen molar-refractivity contribution in [3.05, 3.63) is 23.5 Å². The summed E-state index contributed by atoms with van der Waals surface area (Å²) in [7, 11) is 1.76. The normalized spacial score (nSPS) is 11.4. The quantitative estimate of drug-likeness (QED) is 0.759. The SMILES string of the molecule is COCCN(CC(C)C)c1cc(C)ncc1CNC(C)C. The Balaban J connectivity index is 2.99. The molecule has 120 valence electrons. The van der Waals surface area contributed by atoms with Crippen LogP contribution in [-0.2, 0) is 11.3 Å². The number of methoxy groups -OCH3 is 1. The number of ether oxygens (including phenoxy) is 1. The van der Waals surface area contributed by atoms with E-state index in [1.54, 1.807) is 7.11 Å². The van der Waals surface area contributed by atoms with Gasteiger partial charge in [0, 0.05) is 55.9 Å². The molecule has 1 aromatic rings. The molecule has 0 aromatic carbocycles. The van der Waals surface area contributed by atoms with Crippen molar-refractivity contribution in [1.29, 1.82) is 0 Å². The van der Waals surface area contributed by atoms with Crippen LogP contribution in [0.1, 0.15) is 39.0 Å². The zero-order valence-corrected chi connectivity index (χ0v) is 14.4. The zero-order chi connectivity index (χ0) is 15.8. The first-order chi connectivity index (χ1) is 9.93. The van der Waals surface area contributed by atoms with Gasteiger partial charge in [0.05, 0.1) is 6.61 Å². The number of anilines is 1. The first kappa shape index (κ1) is 17.9. The molecule has 0 radical (unpaired) electrons. The monoisotopic (exact) mass is 293 g/mol. The summed E-state index contributed by atoms with van der Waals surface area (Å²) >= 11 is 0. The summed E-state index contributed by atoms with van der Waals surface area (Å²) in [5.74, 6) is 0.612. The molecule has 1 heterocycles. The van der Waals surface area contributed by atoms with Crippen molar-refractivity contribution in [2.24, 2.45) is 5.92 Å². The maximum absolute atomic E-state index is 5.27. The Labute approximate surface area is 129 Å². The standard InChI is InChI=1S/C17H31N3O/c1-13(2)12-20(7-8-21-6)17-9-15(5)19-11-16(17)10-18-14(3)4/h9,11,13-14,18H,7-8,10,12H2,1-6H3. The highest BCUT2D eigenvalue weighted by Gasteiger charge is 2.14. The summed E-state index contributed by atoms with van der Waals surface area (Å²) in [6, 6.07) is 2.66. The first-order valence-electron chi connectivity index (χ1n) is 7.86. The van der Waals surface area contributed by atoms with Gasteiger partial charge < -0.3 is 15.0 Å². The van der Waals surface area contributed by atoms with E-state index < -0.39 is 0 Å². The molecule has 0 saturated carbocycles. The number of nitrogens with zero attached hydrogens (tertiary/aromatic N) is 2. The van der Waals surface area contributed by atoms with Gasteiger partial charge in [-0.25, -0.2) is 0 Å². The van der Waals surface area contributed by atoms with Crippen molar-refractivity contribution < 1.29 is 4.74 Å². The number of aromatic nitrogens is 1. The second-order valence-electron chi connectivity index (χ2n) is 6.32. The van der Waals surface area contributed by atoms with Crippen LogP contribution in [0.15, 0.2) is 12.3 Å². The average Bonchev–Trinajstić information content (AvgIpc) is 2.41. The zero-order valence-electron chi connectivity index (χ0n) is 14.4. The molecule has 1 N–H and O–H groups in total. The highest BCUT2D eigenvalue weighted by Crippen LogP contribution is 2.22. The minimum absolute atomic E-state index is 0.469. The van der Waals surface area contributed by atoms with Crippen molar-refractivity contribution in [2.45, 2.75) is 47.2 Å². The number of nitrogens with one attached hydrogen (secondary N) is 1. The fourth-order valence-electron chi connectivity index (χ4n) is 2.27. The first-order valence-corrected chi connectivity index (χ1v) is 7.86. The summed E-state index contributed by atoms with van der Waals surface area (Å²) in [4.78, 5) is 6.88. The minimum atomic E-state index is 0.469. The fraction of sp³-hybridized carbons (Fsp3) is 0.706. The van der Waals surface area contributed by atoms with Crippen LogP contribution < -0.4 is 10.2 Å². The third-order valence-electron chi connectivity index (χ3n) is 3.29. The van der Waals surface area contributed by atoms with Crippen molar-refractivity contribution >= 4 is 5.69 Å². The lowest BCUT2D eigenvalue weighted by atomic mass is 10.1. The lowest BCUT2D eigenvalue weighted by molar-refractivity contribution is 0.204. The second kappa shape index (κ2) is 9.00. The van der Waals surface area contributed by atoms with E-state index in [9.17, 15) is 0 Å². The van der Waals surface area contributed by atoms with Crippen LogP contribution in [0.2, 0.25) is 0 Å². The molecule has 1 rings (SSSR count). The third kappa shape index (κ3) is 6.44. The number of hydrogen-bond acceptors (Lipinski definition) is 4. The summed E-state index contributed by atoms with van der Waals surface area (Å²) in [5.41, 5.74) is 3.59. The molecular weight excluding hydrogens is 262 g/mol. The lowest BCUT2D eigenvalue weighted by Crippen LogP contribution is -2.33. The molecule has 0 aliphatic rings. The predicted octanol–water partition coefficient (Wildman–Crippen LogP) is 3.00. The topological polar surface area (TPSA) is 37.4 Å². The van der Waals surface area contributed by atoms with Crippen LogP contribution in [0.25, 0.3) is 0 Å². The van der Waals surface area contributed by atoms with Gasteiger partial charge in [-0.3, -0.25) is 4.98 Å². The van der Waals surface area contributed by atoms with Crippen molar-refractivity contribution in [3.63, 3.8) is 0 Å². The maximum Gasteiger partial charge on any atom is 0.0637 e. The summed E-state index contributed by atoms with van der Waals surface area (Å²) in [5, 5.41) is 3.49. The van der Waals surface area contributed by atoms with Gasteiger partial charge in [0.15, 0.2) is 0 Å². The Morgan fingerprint density at radius 1 is 1.29 bits per heavy atom. The largest absolute Gasteiger partial charge is 0.383 e. The summed E-state index contributed by atoms with van der Waals surface area (Å²) in [6.45, 7) is 14.4. The number of rotatable bonds is 9. The van der Waals surface area contributed by atoms with Crippen molar-refractivity contribution in [3.8, 4) is 0 Å². The highest BCUT2D eigenvalue weighted by atomic mass is 16.5. The Morgan fingerprint density at radius 3 is 2.57 bits per heavy atom. The van der Waals surface area contributed by atoms with E-state index in [1.165, 1.54) is 11.3 Å². The van der Waals surface area contributed by atoms with E-state index in [0.29, 0.717) is 12.0 Å². The van der Waals surface area contributed by atoms with Gasteiger partial charge in [-0.15, -0.1) is 0 Å². The fourth-order valence-corrected chi connectivity index (χ4v) is 2.27. The molecule has 1 aromatic heterocycles. The van der Waals surface area contributed by atoms with Crippen LogP contribution in [0.5, 0.6) is 0 Å². The average molecular weight is 293 g/mol. The van der Waals surface area contributed by atoms with E-state index in [1.807, 2.05) is 13.1 Å². The van der Waals surface area contributed by atoms with Gasteiger partial charge in [-0.2, -0.15) is 0 Å². The molecule has 21 heavy (non-hydrogen) atoms. The molecule has 0 fully saturated rings. The number of hydrogen-bond donors (Lipinski definition) is 1. The molecule has 0 amide bonds. The molecule has 4 nitrogen and oxygen atoms in total. The van der Waals surface area contributed by atoms with Gasteiger partial charge in [-0.05, 0) is 18.9 Å². The Hall–Kier alpha value is -1.13. The van der Waals surface area contributed by atoms with Gasteiger partial charge in [0.1, 0.15) is 0 Å². The van der Waals surface area contributed by atoms with Crippen LogP contribution in [0, 0.1) is 12.8 Å². The van der Waals surface area contributed by atoms with Crippen molar-refractivity contribution in [2.75, 3.05) is 31.7 Å². The third-order valence-corrected chi connectivity index (χ3v) is 3.29. The highest BCUT2D eigenvalue weighted by molar-refractivity contribution is 5.53. The molecular formula is C17H31N3O. The summed E-state index contributed by atoms with van der Waals surface area (Å²) in [6.07, 6.45) is 2.00. The van der Waals surface area contributed by atoms with Gasteiger partial charge in [0.25, 0.3) is 0 Å². The maximum atomic E-state index is 5.27. The number of aryl methyl sites for hydroxylation is 1. The molecule has 0 spiro atoms. The van der Waals surface area contributed by atoms with E-state index >= 15 is 0 Å². The molecule has 0 aliphatic carbocycles. The molecule has 0 saturated heterocycles. The van der Waals surface area contributed by atoms with Crippen LogP contribution in [-0.4, -0.2) is 37.8 Å². The van der Waals surface area contributed by atoms with Gasteiger partial charge in [0.2, 0.25) is 0 Å². The number of pyridine rings is 1. The molecule has 0 atom stereocenters. The Bertz CT molecular complexity index is 418. The van der Waals surface area contributed by atoms with Crippen LogP contribution in [0.3, 0.4) is 0 Å². The Kier molecular flexibility index (Phi) is 7.68. The van der Waals surface area contributed by atoms with Crippen LogP contribution >= 0.6 is 0 Å². The van der Waals surface area contributed by atoms with Crippen molar-refractivity contribution in [1.82, 2.24) is 10.3 Å². The lowest BCUT2D eigenvalue weighted by Gasteiger charge is -2.29.